The lowest BCUT2D eigenvalue weighted by Crippen LogP contribution is -2.41. The molecule has 1 heterocycles. The molecule has 1 atom stereocenters. The number of nitrogens with zero attached hydrogens (tertiary/aromatic N) is 2. The molecule has 0 aliphatic rings. The second kappa shape index (κ2) is 7.83. The predicted molar refractivity (Wildman–Crippen MR) is 77.8 cm³/mol. The molecule has 8 heteroatoms. The van der Waals surface area contributed by atoms with Crippen molar-refractivity contribution in [3.05, 3.63) is 29.6 Å². The average molecular weight is 293 g/mol. The highest BCUT2D eigenvalue weighted by molar-refractivity contribution is 5.96. The number of carboxylic acid groups (broad SMARTS) is 1. The van der Waals surface area contributed by atoms with Gasteiger partial charge in [-0.15, -0.1) is 0 Å². The van der Waals surface area contributed by atoms with Gasteiger partial charge in [0.1, 0.15) is 6.04 Å². The molecule has 0 radical (unpaired) electrons. The Hall–Kier alpha value is -2.64. The van der Waals surface area contributed by atoms with Gasteiger partial charge in [0.2, 0.25) is 0 Å². The molecule has 0 bridgehead atoms. The Morgan fingerprint density at radius 2 is 2.14 bits per heavy atom. The van der Waals surface area contributed by atoms with Gasteiger partial charge in [0, 0.05) is 18.9 Å². The van der Waals surface area contributed by atoms with Crippen molar-refractivity contribution in [1.82, 2.24) is 10.3 Å². The van der Waals surface area contributed by atoms with Gasteiger partial charge in [-0.2, -0.15) is 0 Å². The number of nitrogens with one attached hydrogen (secondary N) is 1. The smallest absolute Gasteiger partial charge is 0.326 e. The molecule has 0 fully saturated rings. The number of rotatable bonds is 7. The maximum absolute atomic E-state index is 12.0. The van der Waals surface area contributed by atoms with Crippen molar-refractivity contribution in [3.8, 4) is 0 Å². The first-order chi connectivity index (χ1) is 9.90. The number of aliphatic carboxylic acids is 1. The van der Waals surface area contributed by atoms with Crippen LogP contribution in [0.3, 0.4) is 0 Å². The van der Waals surface area contributed by atoms with E-state index in [1.54, 1.807) is 19.2 Å². The van der Waals surface area contributed by atoms with E-state index in [0.29, 0.717) is 18.5 Å². The molecule has 0 aliphatic heterocycles. The predicted octanol–water partition coefficient (Wildman–Crippen LogP) is -0.373. The highest BCUT2D eigenvalue weighted by atomic mass is 16.4. The van der Waals surface area contributed by atoms with Crippen molar-refractivity contribution >= 4 is 17.8 Å². The Balaban J connectivity index is 2.60. The van der Waals surface area contributed by atoms with Crippen LogP contribution in [-0.2, 0) is 4.79 Å². The number of nitrogens with two attached hydrogens (primary N) is 2. The van der Waals surface area contributed by atoms with Gasteiger partial charge < -0.3 is 21.9 Å². The molecule has 8 nitrogen and oxygen atoms in total. The van der Waals surface area contributed by atoms with Crippen LogP contribution in [0, 0.1) is 6.92 Å². The Kier molecular flexibility index (Phi) is 6.12. The standard InChI is InChI=1S/C13H19N5O3/c1-8-5-9(7-16-6-8)11(19)18-10(12(20)21)3-2-4-17-13(14)15/h5-7,10H,2-4H2,1H3,(H,18,19)(H,20,21)(H4,14,15,17). The van der Waals surface area contributed by atoms with E-state index < -0.39 is 17.9 Å². The van der Waals surface area contributed by atoms with Crippen LogP contribution in [0.15, 0.2) is 23.5 Å². The first-order valence-electron chi connectivity index (χ1n) is 6.41. The number of carbonyl (C=O) groups excluding carboxylic acids is 1. The topological polar surface area (TPSA) is 144 Å². The van der Waals surface area contributed by atoms with Gasteiger partial charge in [-0.3, -0.25) is 14.8 Å². The molecule has 1 amide bonds. The fourth-order valence-corrected chi connectivity index (χ4v) is 1.68. The number of hydrogen-bond donors (Lipinski definition) is 4. The van der Waals surface area contributed by atoms with Crippen molar-refractivity contribution in [1.29, 1.82) is 0 Å². The van der Waals surface area contributed by atoms with Gasteiger partial charge in [0.25, 0.3) is 5.91 Å². The Bertz CT molecular complexity index is 540. The molecule has 0 spiro atoms. The van der Waals surface area contributed by atoms with E-state index in [-0.39, 0.29) is 12.4 Å². The number of hydrogen-bond acceptors (Lipinski definition) is 4. The molecule has 0 saturated carbocycles. The zero-order valence-corrected chi connectivity index (χ0v) is 11.7. The summed E-state index contributed by atoms with van der Waals surface area (Å²) in [6, 6.07) is 0.646. The molecule has 114 valence electrons. The third-order valence-corrected chi connectivity index (χ3v) is 2.69. The molecule has 1 rings (SSSR count). The van der Waals surface area contributed by atoms with Crippen LogP contribution < -0.4 is 16.8 Å². The molecule has 21 heavy (non-hydrogen) atoms. The summed E-state index contributed by atoms with van der Waals surface area (Å²) in [6.07, 6.45) is 3.68. The van der Waals surface area contributed by atoms with Crippen LogP contribution in [0.4, 0.5) is 0 Å². The van der Waals surface area contributed by atoms with Gasteiger partial charge in [-0.25, -0.2) is 4.79 Å². The number of aliphatic imine (C=N–C) groups is 1. The minimum Gasteiger partial charge on any atom is -0.480 e. The first-order valence-corrected chi connectivity index (χ1v) is 6.41. The maximum atomic E-state index is 12.0. The van der Waals surface area contributed by atoms with E-state index in [0.717, 1.165) is 5.56 Å². The Morgan fingerprint density at radius 3 is 2.71 bits per heavy atom. The number of guanidine groups is 1. The van der Waals surface area contributed by atoms with Gasteiger partial charge in [0.15, 0.2) is 5.96 Å². The zero-order chi connectivity index (χ0) is 15.8. The Labute approximate surface area is 122 Å². The number of pyridine rings is 1. The quantitative estimate of drug-likeness (QED) is 0.306. The fraction of sp³-hybridized carbons (Fsp3) is 0.385. The molecule has 1 aromatic heterocycles. The van der Waals surface area contributed by atoms with Crippen molar-refractivity contribution < 1.29 is 14.7 Å². The van der Waals surface area contributed by atoms with E-state index in [4.69, 9.17) is 16.6 Å². The molecule has 6 N–H and O–H groups in total. The minimum atomic E-state index is -1.10. The number of carboxylic acids is 1. The summed E-state index contributed by atoms with van der Waals surface area (Å²) in [5.74, 6) is -1.62. The second-order valence-electron chi connectivity index (χ2n) is 4.56. The number of aryl methyl sites for hydroxylation is 1. The zero-order valence-electron chi connectivity index (χ0n) is 11.7. The van der Waals surface area contributed by atoms with Gasteiger partial charge >= 0.3 is 5.97 Å². The molecule has 1 aromatic rings. The van der Waals surface area contributed by atoms with Crippen molar-refractivity contribution in [2.24, 2.45) is 16.5 Å². The molecule has 0 saturated heterocycles. The molecular weight excluding hydrogens is 274 g/mol. The summed E-state index contributed by atoms with van der Waals surface area (Å²) in [5.41, 5.74) is 11.5. The Morgan fingerprint density at radius 1 is 1.43 bits per heavy atom. The number of carbonyl (C=O) groups is 2. The average Bonchev–Trinajstić information content (AvgIpc) is 2.41. The van der Waals surface area contributed by atoms with E-state index >= 15 is 0 Å². The molecule has 0 aromatic carbocycles. The summed E-state index contributed by atoms with van der Waals surface area (Å²) >= 11 is 0. The summed E-state index contributed by atoms with van der Waals surface area (Å²) in [4.78, 5) is 30.8. The highest BCUT2D eigenvalue weighted by Gasteiger charge is 2.20. The van der Waals surface area contributed by atoms with Gasteiger partial charge in [-0.05, 0) is 31.4 Å². The number of amides is 1. The highest BCUT2D eigenvalue weighted by Crippen LogP contribution is 2.04. The largest absolute Gasteiger partial charge is 0.480 e. The monoisotopic (exact) mass is 293 g/mol. The summed E-state index contributed by atoms with van der Waals surface area (Å²) < 4.78 is 0. The van der Waals surface area contributed by atoms with E-state index in [2.05, 4.69) is 15.3 Å². The van der Waals surface area contributed by atoms with Crippen LogP contribution in [0.1, 0.15) is 28.8 Å². The molecular formula is C13H19N5O3. The lowest BCUT2D eigenvalue weighted by molar-refractivity contribution is -0.139. The minimum absolute atomic E-state index is 0.0447. The van der Waals surface area contributed by atoms with Crippen LogP contribution in [0.25, 0.3) is 0 Å². The first kappa shape index (κ1) is 16.4. The third-order valence-electron chi connectivity index (χ3n) is 2.69. The van der Waals surface area contributed by atoms with E-state index in [1.165, 1.54) is 6.20 Å². The van der Waals surface area contributed by atoms with Crippen LogP contribution >= 0.6 is 0 Å². The van der Waals surface area contributed by atoms with Crippen molar-refractivity contribution in [3.63, 3.8) is 0 Å². The normalized spacial score (nSPS) is 11.5. The summed E-state index contributed by atoms with van der Waals surface area (Å²) in [7, 11) is 0. The fourth-order valence-electron chi connectivity index (χ4n) is 1.68. The van der Waals surface area contributed by atoms with E-state index in [1.807, 2.05) is 0 Å². The third kappa shape index (κ3) is 5.89. The summed E-state index contributed by atoms with van der Waals surface area (Å²) in [6.45, 7) is 2.11. The van der Waals surface area contributed by atoms with Crippen LogP contribution in [0.2, 0.25) is 0 Å². The lowest BCUT2D eigenvalue weighted by atomic mass is 10.1. The lowest BCUT2D eigenvalue weighted by Gasteiger charge is -2.14. The summed E-state index contributed by atoms with van der Waals surface area (Å²) in [5, 5.41) is 11.6. The van der Waals surface area contributed by atoms with Crippen LogP contribution in [-0.4, -0.2) is 40.5 Å². The second-order valence-corrected chi connectivity index (χ2v) is 4.56. The molecule has 0 aliphatic carbocycles. The number of aromatic nitrogens is 1. The van der Waals surface area contributed by atoms with Crippen molar-refractivity contribution in [2.75, 3.05) is 6.54 Å². The van der Waals surface area contributed by atoms with E-state index in [9.17, 15) is 9.59 Å². The van der Waals surface area contributed by atoms with Gasteiger partial charge in [0.05, 0.1) is 5.56 Å². The van der Waals surface area contributed by atoms with Gasteiger partial charge in [-0.1, -0.05) is 0 Å². The van der Waals surface area contributed by atoms with Crippen molar-refractivity contribution in [2.45, 2.75) is 25.8 Å². The molecule has 1 unspecified atom stereocenters. The SMILES string of the molecule is Cc1cncc(C(=O)NC(CCCN=C(N)N)C(=O)O)c1. The van der Waals surface area contributed by atoms with Crippen LogP contribution in [0.5, 0.6) is 0 Å². The maximum Gasteiger partial charge on any atom is 0.326 e.